The first-order valence-corrected chi connectivity index (χ1v) is 5.60. The normalized spacial score (nSPS) is 10.5. The SMILES string of the molecule is CCOC(=O)c1c(C)nc(OC)nc1C(C)C. The molecule has 1 aromatic rings. The Morgan fingerprint density at radius 1 is 1.35 bits per heavy atom. The minimum atomic E-state index is -0.378. The molecule has 0 spiro atoms. The van der Waals surface area contributed by atoms with Gasteiger partial charge in [0.1, 0.15) is 5.56 Å². The van der Waals surface area contributed by atoms with Crippen LogP contribution in [-0.4, -0.2) is 29.7 Å². The molecule has 0 saturated carbocycles. The van der Waals surface area contributed by atoms with Crippen LogP contribution in [0.15, 0.2) is 0 Å². The average molecular weight is 238 g/mol. The van der Waals surface area contributed by atoms with Gasteiger partial charge in [-0.05, 0) is 19.8 Å². The van der Waals surface area contributed by atoms with Crippen LogP contribution in [0.25, 0.3) is 0 Å². The van der Waals surface area contributed by atoms with Gasteiger partial charge in [0.05, 0.1) is 25.1 Å². The second-order valence-corrected chi connectivity index (χ2v) is 3.93. The van der Waals surface area contributed by atoms with Gasteiger partial charge < -0.3 is 9.47 Å². The Bertz CT molecular complexity index is 416. The van der Waals surface area contributed by atoms with Crippen molar-refractivity contribution in [2.75, 3.05) is 13.7 Å². The number of esters is 1. The van der Waals surface area contributed by atoms with Gasteiger partial charge in [0, 0.05) is 0 Å². The van der Waals surface area contributed by atoms with Gasteiger partial charge in [0.15, 0.2) is 0 Å². The maximum atomic E-state index is 11.8. The molecule has 0 N–H and O–H groups in total. The lowest BCUT2D eigenvalue weighted by molar-refractivity contribution is 0.0522. The van der Waals surface area contributed by atoms with E-state index in [2.05, 4.69) is 9.97 Å². The Morgan fingerprint density at radius 3 is 2.47 bits per heavy atom. The van der Waals surface area contributed by atoms with Gasteiger partial charge in [0.25, 0.3) is 0 Å². The molecule has 0 aromatic carbocycles. The van der Waals surface area contributed by atoms with E-state index in [4.69, 9.17) is 9.47 Å². The maximum Gasteiger partial charge on any atom is 0.341 e. The topological polar surface area (TPSA) is 61.3 Å². The van der Waals surface area contributed by atoms with Gasteiger partial charge in [-0.1, -0.05) is 13.8 Å². The molecule has 0 atom stereocenters. The molecule has 0 aliphatic rings. The standard InChI is InChI=1S/C12H18N2O3/c1-6-17-11(15)9-8(4)13-12(16-5)14-10(9)7(2)3/h7H,6H2,1-5H3. The van der Waals surface area contributed by atoms with Crippen molar-refractivity contribution < 1.29 is 14.3 Å². The highest BCUT2D eigenvalue weighted by Crippen LogP contribution is 2.22. The molecular weight excluding hydrogens is 220 g/mol. The lowest BCUT2D eigenvalue weighted by Gasteiger charge is -2.13. The summed E-state index contributed by atoms with van der Waals surface area (Å²) < 4.78 is 10.0. The fourth-order valence-corrected chi connectivity index (χ4v) is 1.53. The van der Waals surface area contributed by atoms with E-state index in [1.54, 1.807) is 13.8 Å². The molecule has 0 bridgehead atoms. The summed E-state index contributed by atoms with van der Waals surface area (Å²) in [4.78, 5) is 20.2. The first-order valence-electron chi connectivity index (χ1n) is 5.60. The zero-order chi connectivity index (χ0) is 13.0. The van der Waals surface area contributed by atoms with E-state index in [1.165, 1.54) is 7.11 Å². The molecule has 0 unspecified atom stereocenters. The van der Waals surface area contributed by atoms with Crippen molar-refractivity contribution in [3.05, 3.63) is 17.0 Å². The lowest BCUT2D eigenvalue weighted by Crippen LogP contribution is -2.15. The minimum absolute atomic E-state index is 0.102. The summed E-state index contributed by atoms with van der Waals surface area (Å²) in [5.74, 6) is -0.277. The Kier molecular flexibility index (Phi) is 4.43. The Labute approximate surface area is 101 Å². The van der Waals surface area contributed by atoms with Crippen LogP contribution in [0.4, 0.5) is 0 Å². The summed E-state index contributed by atoms with van der Waals surface area (Å²) >= 11 is 0. The van der Waals surface area contributed by atoms with Crippen molar-refractivity contribution in [1.29, 1.82) is 0 Å². The molecule has 1 rings (SSSR count). The second kappa shape index (κ2) is 5.61. The molecule has 0 saturated heterocycles. The monoisotopic (exact) mass is 238 g/mol. The van der Waals surface area contributed by atoms with Crippen molar-refractivity contribution in [3.8, 4) is 6.01 Å². The number of rotatable bonds is 4. The van der Waals surface area contributed by atoms with E-state index in [0.29, 0.717) is 23.6 Å². The highest BCUT2D eigenvalue weighted by Gasteiger charge is 2.21. The highest BCUT2D eigenvalue weighted by molar-refractivity contribution is 5.92. The predicted molar refractivity (Wildman–Crippen MR) is 63.4 cm³/mol. The van der Waals surface area contributed by atoms with E-state index in [9.17, 15) is 4.79 Å². The summed E-state index contributed by atoms with van der Waals surface area (Å²) in [6.45, 7) is 7.78. The van der Waals surface area contributed by atoms with E-state index in [0.717, 1.165) is 0 Å². The molecule has 5 heteroatoms. The molecule has 0 fully saturated rings. The number of aromatic nitrogens is 2. The molecule has 0 aliphatic heterocycles. The predicted octanol–water partition coefficient (Wildman–Crippen LogP) is 2.09. The molecule has 17 heavy (non-hydrogen) atoms. The fraction of sp³-hybridized carbons (Fsp3) is 0.583. The molecule has 0 aliphatic carbocycles. The van der Waals surface area contributed by atoms with Crippen molar-refractivity contribution in [2.45, 2.75) is 33.6 Å². The Hall–Kier alpha value is -1.65. The largest absolute Gasteiger partial charge is 0.467 e. The highest BCUT2D eigenvalue weighted by atomic mass is 16.5. The van der Waals surface area contributed by atoms with E-state index < -0.39 is 0 Å². The lowest BCUT2D eigenvalue weighted by atomic mass is 10.0. The van der Waals surface area contributed by atoms with Crippen LogP contribution in [0.5, 0.6) is 6.01 Å². The summed E-state index contributed by atoms with van der Waals surface area (Å²) in [5.41, 5.74) is 1.69. The second-order valence-electron chi connectivity index (χ2n) is 3.93. The van der Waals surface area contributed by atoms with Crippen LogP contribution < -0.4 is 4.74 Å². The van der Waals surface area contributed by atoms with Gasteiger partial charge in [0.2, 0.25) is 0 Å². The number of aryl methyl sites for hydroxylation is 1. The van der Waals surface area contributed by atoms with E-state index in [1.807, 2.05) is 13.8 Å². The summed E-state index contributed by atoms with van der Waals surface area (Å²) in [6.07, 6.45) is 0. The number of hydrogen-bond donors (Lipinski definition) is 0. The number of carbonyl (C=O) groups is 1. The number of ether oxygens (including phenoxy) is 2. The first-order chi connectivity index (χ1) is 8.01. The van der Waals surface area contributed by atoms with Crippen LogP contribution in [0, 0.1) is 6.92 Å². The Morgan fingerprint density at radius 2 is 2.00 bits per heavy atom. The number of hydrogen-bond acceptors (Lipinski definition) is 5. The molecule has 0 amide bonds. The minimum Gasteiger partial charge on any atom is -0.467 e. The van der Waals surface area contributed by atoms with Gasteiger partial charge >= 0.3 is 12.0 Å². The molecular formula is C12H18N2O3. The molecule has 0 radical (unpaired) electrons. The summed E-state index contributed by atoms with van der Waals surface area (Å²) in [5, 5.41) is 0. The molecule has 94 valence electrons. The summed E-state index contributed by atoms with van der Waals surface area (Å²) in [7, 11) is 1.50. The zero-order valence-electron chi connectivity index (χ0n) is 10.9. The van der Waals surface area contributed by atoms with Crippen LogP contribution in [0.2, 0.25) is 0 Å². The number of nitrogens with zero attached hydrogens (tertiary/aromatic N) is 2. The number of carbonyl (C=O) groups excluding carboxylic acids is 1. The Balaban J connectivity index is 3.31. The van der Waals surface area contributed by atoms with Crippen molar-refractivity contribution >= 4 is 5.97 Å². The third kappa shape index (κ3) is 2.93. The maximum absolute atomic E-state index is 11.8. The molecule has 1 heterocycles. The number of methoxy groups -OCH3 is 1. The quantitative estimate of drug-likeness (QED) is 0.752. The zero-order valence-corrected chi connectivity index (χ0v) is 10.9. The third-order valence-corrected chi connectivity index (χ3v) is 2.31. The van der Waals surface area contributed by atoms with Crippen molar-refractivity contribution in [1.82, 2.24) is 9.97 Å². The van der Waals surface area contributed by atoms with Crippen LogP contribution in [0.1, 0.15) is 48.4 Å². The third-order valence-electron chi connectivity index (χ3n) is 2.31. The summed E-state index contributed by atoms with van der Waals surface area (Å²) in [6, 6.07) is 0.277. The molecule has 1 aromatic heterocycles. The van der Waals surface area contributed by atoms with E-state index in [-0.39, 0.29) is 17.9 Å². The van der Waals surface area contributed by atoms with Gasteiger partial charge in [-0.25, -0.2) is 4.79 Å². The smallest absolute Gasteiger partial charge is 0.341 e. The van der Waals surface area contributed by atoms with Crippen molar-refractivity contribution in [3.63, 3.8) is 0 Å². The van der Waals surface area contributed by atoms with E-state index >= 15 is 0 Å². The van der Waals surface area contributed by atoms with Crippen LogP contribution in [-0.2, 0) is 4.74 Å². The van der Waals surface area contributed by atoms with Crippen LogP contribution in [0.3, 0.4) is 0 Å². The molecule has 5 nitrogen and oxygen atoms in total. The van der Waals surface area contributed by atoms with Gasteiger partial charge in [-0.3, -0.25) is 0 Å². The van der Waals surface area contributed by atoms with Crippen LogP contribution >= 0.6 is 0 Å². The fourth-order valence-electron chi connectivity index (χ4n) is 1.53. The first kappa shape index (κ1) is 13.4. The van der Waals surface area contributed by atoms with Crippen molar-refractivity contribution in [2.24, 2.45) is 0 Å². The van der Waals surface area contributed by atoms with Gasteiger partial charge in [-0.15, -0.1) is 0 Å². The van der Waals surface area contributed by atoms with Gasteiger partial charge in [-0.2, -0.15) is 9.97 Å². The average Bonchev–Trinajstić information content (AvgIpc) is 2.27.